The number of piperazine rings is 1. The number of ether oxygens (including phenoxy) is 1. The number of hydrogen-bond acceptors (Lipinski definition) is 5. The number of benzene rings is 2. The molecule has 4 rings (SSSR count). The summed E-state index contributed by atoms with van der Waals surface area (Å²) in [5, 5.41) is 9.70. The molecule has 26 heavy (non-hydrogen) atoms. The average Bonchev–Trinajstić information content (AvgIpc) is 3.16. The maximum absolute atomic E-state index is 12.4. The molecule has 1 aliphatic heterocycles. The molecule has 2 N–H and O–H groups in total. The fraction of sp³-hybridized carbons (Fsp3) is 0.263. The van der Waals surface area contributed by atoms with Crippen LogP contribution in [0.25, 0.3) is 11.0 Å². The van der Waals surface area contributed by atoms with Crippen LogP contribution >= 0.6 is 0 Å². The quantitative estimate of drug-likeness (QED) is 0.750. The van der Waals surface area contributed by atoms with Crippen molar-refractivity contribution in [2.45, 2.75) is 0 Å². The fourth-order valence-corrected chi connectivity index (χ4v) is 3.21. The number of hydrogen-bond donors (Lipinski definition) is 2. The summed E-state index contributed by atoms with van der Waals surface area (Å²) in [5.74, 6) is 0.285. The van der Waals surface area contributed by atoms with Crippen LogP contribution in [0.1, 0.15) is 0 Å². The molecule has 1 aromatic heterocycles. The second kappa shape index (κ2) is 6.95. The lowest BCUT2D eigenvalue weighted by atomic mass is 10.2. The molecule has 2 heterocycles. The highest BCUT2D eigenvalue weighted by Crippen LogP contribution is 2.26. The number of nitrogens with zero attached hydrogens (tertiary/aromatic N) is 3. The summed E-state index contributed by atoms with van der Waals surface area (Å²) < 4.78 is 5.44. The van der Waals surface area contributed by atoms with Crippen molar-refractivity contribution in [3.63, 3.8) is 0 Å². The highest BCUT2D eigenvalue weighted by molar-refractivity contribution is 5.88. The first kappa shape index (κ1) is 16.3. The summed E-state index contributed by atoms with van der Waals surface area (Å²) in [6.07, 6.45) is 1.70. The van der Waals surface area contributed by atoms with Gasteiger partial charge in [0.2, 0.25) is 0 Å². The van der Waals surface area contributed by atoms with Gasteiger partial charge >= 0.3 is 0 Å². The number of aromatic nitrogens is 2. The van der Waals surface area contributed by atoms with Crippen LogP contribution in [0.15, 0.2) is 48.8 Å². The number of phenolic OH excluding ortho intramolecular Hbond substituents is 1. The topological polar surface area (TPSA) is 81.7 Å². The smallest absolute Gasteiger partial charge is 0.260 e. The molecule has 3 aromatic rings. The van der Waals surface area contributed by atoms with Gasteiger partial charge in [0.05, 0.1) is 17.5 Å². The second-order valence-electron chi connectivity index (χ2n) is 6.20. The maximum atomic E-state index is 12.4. The molecule has 1 amide bonds. The third-order valence-corrected chi connectivity index (χ3v) is 4.62. The van der Waals surface area contributed by atoms with Gasteiger partial charge in [-0.15, -0.1) is 0 Å². The first-order valence-corrected chi connectivity index (χ1v) is 8.58. The predicted octanol–water partition coefficient (Wildman–Crippen LogP) is 2.00. The number of rotatable bonds is 4. The van der Waals surface area contributed by atoms with E-state index in [1.807, 2.05) is 12.1 Å². The van der Waals surface area contributed by atoms with Crippen LogP contribution in [-0.4, -0.2) is 58.7 Å². The lowest BCUT2D eigenvalue weighted by molar-refractivity contribution is -0.133. The third-order valence-electron chi connectivity index (χ3n) is 4.62. The van der Waals surface area contributed by atoms with Crippen LogP contribution in [0, 0.1) is 0 Å². The minimum absolute atomic E-state index is 0.0391. The predicted molar refractivity (Wildman–Crippen MR) is 98.5 cm³/mol. The number of nitrogens with one attached hydrogen (secondary N) is 1. The summed E-state index contributed by atoms with van der Waals surface area (Å²) in [7, 11) is 0. The van der Waals surface area contributed by atoms with Gasteiger partial charge in [-0.25, -0.2) is 4.98 Å². The number of fused-ring (bicyclic) bond motifs is 1. The van der Waals surface area contributed by atoms with Gasteiger partial charge in [0, 0.05) is 26.2 Å². The highest BCUT2D eigenvalue weighted by atomic mass is 16.5. The average molecular weight is 352 g/mol. The van der Waals surface area contributed by atoms with E-state index in [9.17, 15) is 9.90 Å². The Bertz CT molecular complexity index is 916. The van der Waals surface area contributed by atoms with E-state index in [1.54, 1.807) is 29.4 Å². The molecule has 134 valence electrons. The molecular formula is C19H20N4O3. The Kier molecular flexibility index (Phi) is 4.35. The first-order chi connectivity index (χ1) is 12.7. The van der Waals surface area contributed by atoms with Crippen LogP contribution in [0.3, 0.4) is 0 Å². The lowest BCUT2D eigenvalue weighted by Gasteiger charge is -2.36. The number of imidazole rings is 1. The molecule has 1 saturated heterocycles. The zero-order valence-electron chi connectivity index (χ0n) is 14.3. The number of amides is 1. The van der Waals surface area contributed by atoms with Crippen molar-refractivity contribution >= 4 is 22.6 Å². The Morgan fingerprint density at radius 1 is 1.12 bits per heavy atom. The van der Waals surface area contributed by atoms with E-state index in [4.69, 9.17) is 4.74 Å². The molecule has 1 fully saturated rings. The van der Waals surface area contributed by atoms with E-state index in [2.05, 4.69) is 20.9 Å². The molecule has 7 nitrogen and oxygen atoms in total. The van der Waals surface area contributed by atoms with Gasteiger partial charge in [-0.2, -0.15) is 0 Å². The fourth-order valence-electron chi connectivity index (χ4n) is 3.21. The van der Waals surface area contributed by atoms with Crippen LogP contribution in [0.4, 0.5) is 5.69 Å². The van der Waals surface area contributed by atoms with Gasteiger partial charge in [-0.1, -0.05) is 18.2 Å². The molecule has 0 atom stereocenters. The van der Waals surface area contributed by atoms with E-state index in [-0.39, 0.29) is 18.3 Å². The molecule has 0 saturated carbocycles. The van der Waals surface area contributed by atoms with Gasteiger partial charge in [0.15, 0.2) is 18.1 Å². The molecular weight excluding hydrogens is 332 g/mol. The van der Waals surface area contributed by atoms with Crippen molar-refractivity contribution in [3.05, 3.63) is 48.8 Å². The zero-order chi connectivity index (χ0) is 17.9. The van der Waals surface area contributed by atoms with Crippen molar-refractivity contribution in [1.82, 2.24) is 14.9 Å². The molecule has 0 aliphatic carbocycles. The zero-order valence-corrected chi connectivity index (χ0v) is 14.3. The molecule has 7 heteroatoms. The molecule has 0 bridgehead atoms. The monoisotopic (exact) mass is 352 g/mol. The van der Waals surface area contributed by atoms with Crippen molar-refractivity contribution in [1.29, 1.82) is 0 Å². The first-order valence-electron chi connectivity index (χ1n) is 8.58. The van der Waals surface area contributed by atoms with Gasteiger partial charge < -0.3 is 24.6 Å². The third kappa shape index (κ3) is 3.15. The van der Waals surface area contributed by atoms with Crippen molar-refractivity contribution in [2.75, 3.05) is 37.7 Å². The summed E-state index contributed by atoms with van der Waals surface area (Å²) in [5.41, 5.74) is 3.05. The highest BCUT2D eigenvalue weighted by Gasteiger charge is 2.23. The van der Waals surface area contributed by atoms with Crippen LogP contribution in [0.2, 0.25) is 0 Å². The van der Waals surface area contributed by atoms with Gasteiger partial charge in [-0.3, -0.25) is 4.79 Å². The van der Waals surface area contributed by atoms with E-state index >= 15 is 0 Å². The number of carbonyl (C=O) groups is 1. The number of H-pyrrole nitrogens is 1. The van der Waals surface area contributed by atoms with E-state index < -0.39 is 0 Å². The number of phenols is 1. The molecule has 0 spiro atoms. The lowest BCUT2D eigenvalue weighted by Crippen LogP contribution is -2.50. The number of anilines is 1. The number of carbonyl (C=O) groups excluding carboxylic acids is 1. The van der Waals surface area contributed by atoms with Crippen molar-refractivity contribution in [2.24, 2.45) is 0 Å². The van der Waals surface area contributed by atoms with E-state index in [0.717, 1.165) is 29.8 Å². The number of aromatic hydroxyl groups is 1. The van der Waals surface area contributed by atoms with Crippen molar-refractivity contribution < 1.29 is 14.6 Å². The van der Waals surface area contributed by atoms with Gasteiger partial charge in [-0.05, 0) is 24.3 Å². The Balaban J connectivity index is 1.35. The van der Waals surface area contributed by atoms with Gasteiger partial charge in [0.25, 0.3) is 5.91 Å². The molecule has 0 radical (unpaired) electrons. The Labute approximate surface area is 150 Å². The maximum Gasteiger partial charge on any atom is 0.260 e. The van der Waals surface area contributed by atoms with Gasteiger partial charge in [0.1, 0.15) is 5.52 Å². The Morgan fingerprint density at radius 2 is 1.92 bits per heavy atom. The van der Waals surface area contributed by atoms with Crippen LogP contribution < -0.4 is 9.64 Å². The normalized spacial score (nSPS) is 14.6. The molecule has 0 unspecified atom stereocenters. The molecule has 1 aliphatic rings. The van der Waals surface area contributed by atoms with E-state index in [1.165, 1.54) is 6.07 Å². The number of para-hydroxylation sites is 3. The SMILES string of the molecule is O=C(COc1ccccc1O)N1CCN(c2cccc3[nH]cnc23)CC1. The summed E-state index contributed by atoms with van der Waals surface area (Å²) in [6.45, 7) is 2.67. The van der Waals surface area contributed by atoms with E-state index in [0.29, 0.717) is 18.8 Å². The largest absolute Gasteiger partial charge is 0.504 e. The second-order valence-corrected chi connectivity index (χ2v) is 6.20. The Hall–Kier alpha value is -3.22. The minimum atomic E-state index is -0.0779. The summed E-state index contributed by atoms with van der Waals surface area (Å²) in [4.78, 5) is 23.9. The molecule has 2 aromatic carbocycles. The van der Waals surface area contributed by atoms with Crippen LogP contribution in [0.5, 0.6) is 11.5 Å². The standard InChI is InChI=1S/C19H20N4O3/c24-16-6-1-2-7-17(16)26-12-18(25)23-10-8-22(9-11-23)15-5-3-4-14-19(15)21-13-20-14/h1-7,13,24H,8-12H2,(H,20,21). The Morgan fingerprint density at radius 3 is 2.73 bits per heavy atom. The van der Waals surface area contributed by atoms with Crippen molar-refractivity contribution in [3.8, 4) is 11.5 Å². The summed E-state index contributed by atoms with van der Waals surface area (Å²) in [6, 6.07) is 12.7. The summed E-state index contributed by atoms with van der Waals surface area (Å²) >= 11 is 0. The van der Waals surface area contributed by atoms with Crippen LogP contribution in [-0.2, 0) is 4.79 Å². The number of aromatic amines is 1. The minimum Gasteiger partial charge on any atom is -0.504 e.